The van der Waals surface area contributed by atoms with Gasteiger partial charge in [-0.2, -0.15) is 0 Å². The Morgan fingerprint density at radius 1 is 1.33 bits per heavy atom. The van der Waals surface area contributed by atoms with Crippen LogP contribution in [0.4, 0.5) is 4.39 Å². The summed E-state index contributed by atoms with van der Waals surface area (Å²) in [5.74, 6) is -0.275. The molecule has 0 unspecified atom stereocenters. The van der Waals surface area contributed by atoms with Gasteiger partial charge in [0.1, 0.15) is 17.2 Å². The van der Waals surface area contributed by atoms with Crippen molar-refractivity contribution < 1.29 is 19.0 Å². The third kappa shape index (κ3) is 2.34. The van der Waals surface area contributed by atoms with Crippen molar-refractivity contribution >= 4 is 11.7 Å². The van der Waals surface area contributed by atoms with Crippen molar-refractivity contribution in [3.8, 4) is 0 Å². The summed E-state index contributed by atoms with van der Waals surface area (Å²) in [4.78, 5) is 18.6. The van der Waals surface area contributed by atoms with E-state index in [1.165, 1.54) is 11.0 Å². The number of amidine groups is 1. The fourth-order valence-corrected chi connectivity index (χ4v) is 2.85. The van der Waals surface area contributed by atoms with Crippen LogP contribution in [0, 0.1) is 5.82 Å². The molecule has 1 spiro atoms. The molecule has 3 rings (SSSR count). The number of benzene rings is 1. The van der Waals surface area contributed by atoms with E-state index >= 15 is 0 Å². The van der Waals surface area contributed by atoms with Crippen molar-refractivity contribution in [2.75, 3.05) is 26.4 Å². The normalized spacial score (nSPS) is 21.0. The smallest absolute Gasteiger partial charge is 0.256 e. The van der Waals surface area contributed by atoms with Crippen LogP contribution in [0.15, 0.2) is 29.3 Å². The number of ether oxygens (including phenoxy) is 1. The molecular formula is C15H17FN2O3. The van der Waals surface area contributed by atoms with Crippen LogP contribution < -0.4 is 0 Å². The van der Waals surface area contributed by atoms with Gasteiger partial charge in [-0.3, -0.25) is 14.7 Å². The summed E-state index contributed by atoms with van der Waals surface area (Å²) in [6, 6.07) is 6.24. The topological polar surface area (TPSA) is 62.1 Å². The zero-order valence-electron chi connectivity index (χ0n) is 11.6. The SMILES string of the molecule is O=C1N(CCO)C(c2ccccc2F)=NC12CCOCC2. The molecule has 1 saturated heterocycles. The van der Waals surface area contributed by atoms with Gasteiger partial charge in [0.15, 0.2) is 0 Å². The second kappa shape index (κ2) is 5.54. The number of aliphatic hydroxyl groups excluding tert-OH is 1. The van der Waals surface area contributed by atoms with Gasteiger partial charge in [0.2, 0.25) is 0 Å². The largest absolute Gasteiger partial charge is 0.395 e. The summed E-state index contributed by atoms with van der Waals surface area (Å²) in [5.41, 5.74) is -0.562. The summed E-state index contributed by atoms with van der Waals surface area (Å²) in [6.45, 7) is 0.861. The monoisotopic (exact) mass is 292 g/mol. The lowest BCUT2D eigenvalue weighted by atomic mass is 9.90. The summed E-state index contributed by atoms with van der Waals surface area (Å²) in [5, 5.41) is 9.20. The number of β-amino-alcohol motifs (C(OH)–C–C–N with tert-alkyl or cyclic N) is 1. The molecular weight excluding hydrogens is 275 g/mol. The van der Waals surface area contributed by atoms with Crippen molar-refractivity contribution in [2.45, 2.75) is 18.4 Å². The number of amides is 1. The van der Waals surface area contributed by atoms with Gasteiger partial charge < -0.3 is 9.84 Å². The Morgan fingerprint density at radius 2 is 2.05 bits per heavy atom. The molecule has 1 N–H and O–H groups in total. The minimum Gasteiger partial charge on any atom is -0.395 e. The molecule has 112 valence electrons. The van der Waals surface area contributed by atoms with E-state index in [-0.39, 0.29) is 19.1 Å². The Balaban J connectivity index is 2.04. The van der Waals surface area contributed by atoms with E-state index in [1.807, 2.05) is 0 Å². The van der Waals surface area contributed by atoms with E-state index in [0.29, 0.717) is 37.5 Å². The molecule has 0 radical (unpaired) electrons. The van der Waals surface area contributed by atoms with Crippen LogP contribution in [0.5, 0.6) is 0 Å². The van der Waals surface area contributed by atoms with Gasteiger partial charge in [-0.15, -0.1) is 0 Å². The first-order valence-electron chi connectivity index (χ1n) is 7.03. The van der Waals surface area contributed by atoms with E-state index in [9.17, 15) is 14.3 Å². The van der Waals surface area contributed by atoms with E-state index < -0.39 is 11.4 Å². The van der Waals surface area contributed by atoms with Gasteiger partial charge in [0, 0.05) is 26.1 Å². The molecule has 1 fully saturated rings. The molecule has 2 aliphatic rings. The lowest BCUT2D eigenvalue weighted by molar-refractivity contribution is -0.134. The quantitative estimate of drug-likeness (QED) is 0.902. The molecule has 1 aromatic rings. The van der Waals surface area contributed by atoms with Gasteiger partial charge in [-0.05, 0) is 12.1 Å². The molecule has 6 heteroatoms. The Bertz CT molecular complexity index is 582. The molecule has 1 aromatic carbocycles. The summed E-state index contributed by atoms with van der Waals surface area (Å²) < 4.78 is 19.3. The van der Waals surface area contributed by atoms with Crippen LogP contribution in [-0.4, -0.2) is 53.7 Å². The average Bonchev–Trinajstić information content (AvgIpc) is 2.75. The standard InChI is InChI=1S/C15H17FN2O3/c16-12-4-2-1-3-11(12)13-17-15(5-9-21-10-6-15)14(20)18(13)7-8-19/h1-4,19H,5-10H2. The van der Waals surface area contributed by atoms with E-state index in [4.69, 9.17) is 4.74 Å². The number of carbonyl (C=O) groups is 1. The summed E-state index contributed by atoms with van der Waals surface area (Å²) >= 11 is 0. The number of nitrogens with zero attached hydrogens (tertiary/aromatic N) is 2. The molecule has 2 aliphatic heterocycles. The van der Waals surface area contributed by atoms with E-state index in [0.717, 1.165) is 0 Å². The lowest BCUT2D eigenvalue weighted by Crippen LogP contribution is -2.46. The van der Waals surface area contributed by atoms with Crippen LogP contribution in [0.2, 0.25) is 0 Å². The second-order valence-electron chi connectivity index (χ2n) is 5.24. The van der Waals surface area contributed by atoms with Crippen molar-refractivity contribution in [3.63, 3.8) is 0 Å². The van der Waals surface area contributed by atoms with Crippen LogP contribution in [0.3, 0.4) is 0 Å². The molecule has 0 aliphatic carbocycles. The number of aliphatic hydroxyl groups is 1. The first kappa shape index (κ1) is 14.2. The molecule has 0 bridgehead atoms. The molecule has 1 amide bonds. The second-order valence-corrected chi connectivity index (χ2v) is 5.24. The highest BCUT2D eigenvalue weighted by Gasteiger charge is 2.49. The third-order valence-corrected chi connectivity index (χ3v) is 3.98. The number of carbonyl (C=O) groups excluding carboxylic acids is 1. The fraction of sp³-hybridized carbons (Fsp3) is 0.467. The predicted octanol–water partition coefficient (Wildman–Crippen LogP) is 0.956. The maximum absolute atomic E-state index is 14.0. The number of hydrogen-bond donors (Lipinski definition) is 1. The van der Waals surface area contributed by atoms with Gasteiger partial charge in [-0.1, -0.05) is 12.1 Å². The lowest BCUT2D eigenvalue weighted by Gasteiger charge is -2.29. The summed E-state index contributed by atoms with van der Waals surface area (Å²) in [6.07, 6.45) is 0.984. The molecule has 0 saturated carbocycles. The number of rotatable bonds is 3. The van der Waals surface area contributed by atoms with E-state index in [1.54, 1.807) is 18.2 Å². The maximum atomic E-state index is 14.0. The minimum absolute atomic E-state index is 0.120. The zero-order valence-corrected chi connectivity index (χ0v) is 11.6. The Kier molecular flexibility index (Phi) is 3.73. The number of halogens is 1. The van der Waals surface area contributed by atoms with Crippen LogP contribution >= 0.6 is 0 Å². The molecule has 5 nitrogen and oxygen atoms in total. The zero-order chi connectivity index (χ0) is 14.9. The Labute approximate surface area is 122 Å². The van der Waals surface area contributed by atoms with Crippen LogP contribution in [0.1, 0.15) is 18.4 Å². The van der Waals surface area contributed by atoms with E-state index in [2.05, 4.69) is 4.99 Å². The van der Waals surface area contributed by atoms with Gasteiger partial charge in [0.05, 0.1) is 18.7 Å². The highest BCUT2D eigenvalue weighted by molar-refractivity contribution is 6.15. The minimum atomic E-state index is -0.856. The molecule has 21 heavy (non-hydrogen) atoms. The fourth-order valence-electron chi connectivity index (χ4n) is 2.85. The van der Waals surface area contributed by atoms with Gasteiger partial charge in [0.25, 0.3) is 5.91 Å². The van der Waals surface area contributed by atoms with Crippen LogP contribution in [0.25, 0.3) is 0 Å². The molecule has 2 heterocycles. The van der Waals surface area contributed by atoms with Crippen molar-refractivity contribution in [1.29, 1.82) is 0 Å². The predicted molar refractivity (Wildman–Crippen MR) is 74.5 cm³/mol. The number of aliphatic imine (C=N–C) groups is 1. The van der Waals surface area contributed by atoms with Crippen molar-refractivity contribution in [1.82, 2.24) is 4.90 Å². The van der Waals surface area contributed by atoms with Gasteiger partial charge >= 0.3 is 0 Å². The molecule has 0 aromatic heterocycles. The van der Waals surface area contributed by atoms with Crippen LogP contribution in [-0.2, 0) is 9.53 Å². The highest BCUT2D eigenvalue weighted by Crippen LogP contribution is 2.34. The molecule has 0 atom stereocenters. The highest BCUT2D eigenvalue weighted by atomic mass is 19.1. The van der Waals surface area contributed by atoms with Crippen molar-refractivity contribution in [2.24, 2.45) is 4.99 Å². The average molecular weight is 292 g/mol. The summed E-state index contributed by atoms with van der Waals surface area (Å²) in [7, 11) is 0. The van der Waals surface area contributed by atoms with Gasteiger partial charge in [-0.25, -0.2) is 4.39 Å². The van der Waals surface area contributed by atoms with Crippen molar-refractivity contribution in [3.05, 3.63) is 35.6 Å². The first-order valence-corrected chi connectivity index (χ1v) is 7.03. The third-order valence-electron chi connectivity index (χ3n) is 3.98. The first-order chi connectivity index (χ1) is 10.2. The maximum Gasteiger partial charge on any atom is 0.256 e. The number of hydrogen-bond acceptors (Lipinski definition) is 4. The Hall–Kier alpha value is -1.79. The Morgan fingerprint density at radius 3 is 2.71 bits per heavy atom.